The summed E-state index contributed by atoms with van der Waals surface area (Å²) in [6.07, 6.45) is 6.84. The van der Waals surface area contributed by atoms with Crippen molar-refractivity contribution in [2.24, 2.45) is 0 Å². The Balaban J connectivity index is 2.96. The van der Waals surface area contributed by atoms with Crippen molar-refractivity contribution in [1.29, 1.82) is 0 Å². The van der Waals surface area contributed by atoms with Crippen LogP contribution in [0.5, 0.6) is 0 Å². The molecule has 13 heavy (non-hydrogen) atoms. The summed E-state index contributed by atoms with van der Waals surface area (Å²) in [4.78, 5) is 6.11. The monoisotopic (exact) mass is 175 g/mol. The number of anilines is 2. The van der Waals surface area contributed by atoms with Crippen LogP contribution in [-0.4, -0.2) is 18.6 Å². The van der Waals surface area contributed by atoms with E-state index in [9.17, 15) is 0 Å². The van der Waals surface area contributed by atoms with Crippen LogP contribution in [0.2, 0.25) is 0 Å². The van der Waals surface area contributed by atoms with Crippen LogP contribution in [0.1, 0.15) is 5.56 Å². The smallest absolute Gasteiger partial charge is 0.132 e. The predicted octanol–water partition coefficient (Wildman–Crippen LogP) is 1.04. The Morgan fingerprint density at radius 2 is 2.38 bits per heavy atom. The van der Waals surface area contributed by atoms with Crippen LogP contribution in [-0.2, 0) is 0 Å². The van der Waals surface area contributed by atoms with Crippen molar-refractivity contribution in [3.05, 3.63) is 17.8 Å². The number of nitrogens with zero attached hydrogens (tertiary/aromatic N) is 2. The van der Waals surface area contributed by atoms with Crippen molar-refractivity contribution in [2.75, 3.05) is 24.2 Å². The van der Waals surface area contributed by atoms with Crippen LogP contribution in [0.3, 0.4) is 0 Å². The minimum Gasteiger partial charge on any atom is -0.397 e. The molecule has 0 aliphatic rings. The fourth-order valence-corrected chi connectivity index (χ4v) is 1.20. The maximum absolute atomic E-state index is 5.58. The molecule has 1 rings (SSSR count). The highest BCUT2D eigenvalue weighted by Crippen LogP contribution is 2.16. The van der Waals surface area contributed by atoms with Gasteiger partial charge in [-0.25, -0.2) is 4.98 Å². The zero-order chi connectivity index (χ0) is 9.84. The zero-order valence-corrected chi connectivity index (χ0v) is 7.91. The van der Waals surface area contributed by atoms with Gasteiger partial charge >= 0.3 is 0 Å². The third kappa shape index (κ3) is 2.12. The Labute approximate surface area is 78.6 Å². The first-order valence-electron chi connectivity index (χ1n) is 4.02. The highest BCUT2D eigenvalue weighted by atomic mass is 15.2. The van der Waals surface area contributed by atoms with E-state index in [1.54, 1.807) is 6.20 Å². The molecule has 1 aromatic rings. The van der Waals surface area contributed by atoms with Gasteiger partial charge < -0.3 is 10.6 Å². The number of aromatic nitrogens is 1. The van der Waals surface area contributed by atoms with Crippen LogP contribution in [0.4, 0.5) is 11.5 Å². The molecule has 0 saturated heterocycles. The SMILES string of the molecule is C#CCN(C)c1ncc(N)cc1C. The van der Waals surface area contributed by atoms with E-state index in [-0.39, 0.29) is 0 Å². The third-order valence-corrected chi connectivity index (χ3v) is 1.76. The lowest BCUT2D eigenvalue weighted by Gasteiger charge is -2.17. The normalized spacial score (nSPS) is 9.31. The minimum absolute atomic E-state index is 0.553. The van der Waals surface area contributed by atoms with Crippen LogP contribution in [0.25, 0.3) is 0 Å². The summed E-state index contributed by atoms with van der Waals surface area (Å²) in [7, 11) is 1.91. The molecule has 1 heterocycles. The van der Waals surface area contributed by atoms with E-state index in [0.717, 1.165) is 11.4 Å². The lowest BCUT2D eigenvalue weighted by atomic mass is 10.2. The quantitative estimate of drug-likeness (QED) is 0.683. The number of nitrogens with two attached hydrogens (primary N) is 1. The number of rotatable bonds is 2. The van der Waals surface area contributed by atoms with E-state index in [0.29, 0.717) is 12.2 Å². The Bertz CT molecular complexity index is 339. The summed E-state index contributed by atoms with van der Waals surface area (Å²) in [6.45, 7) is 2.52. The van der Waals surface area contributed by atoms with E-state index in [1.807, 2.05) is 24.9 Å². The van der Waals surface area contributed by atoms with Crippen molar-refractivity contribution in [3.63, 3.8) is 0 Å². The standard InChI is InChI=1S/C10H13N3/c1-4-5-13(3)10-8(2)6-9(11)7-12-10/h1,6-7H,5,11H2,2-3H3. The minimum atomic E-state index is 0.553. The number of aryl methyl sites for hydroxylation is 1. The Morgan fingerprint density at radius 3 is 2.92 bits per heavy atom. The molecule has 0 saturated carbocycles. The van der Waals surface area contributed by atoms with Crippen molar-refractivity contribution in [2.45, 2.75) is 6.92 Å². The van der Waals surface area contributed by atoms with Crippen LogP contribution >= 0.6 is 0 Å². The van der Waals surface area contributed by atoms with Gasteiger partial charge in [-0.05, 0) is 18.6 Å². The van der Waals surface area contributed by atoms with Gasteiger partial charge in [-0.1, -0.05) is 5.92 Å². The molecule has 1 aromatic heterocycles. The van der Waals surface area contributed by atoms with E-state index in [2.05, 4.69) is 10.9 Å². The lowest BCUT2D eigenvalue weighted by molar-refractivity contribution is 0.994. The first-order valence-corrected chi connectivity index (χ1v) is 4.02. The van der Waals surface area contributed by atoms with E-state index < -0.39 is 0 Å². The summed E-state index contributed by atoms with van der Waals surface area (Å²) < 4.78 is 0. The van der Waals surface area contributed by atoms with Crippen molar-refractivity contribution in [3.8, 4) is 12.3 Å². The van der Waals surface area contributed by atoms with Gasteiger partial charge in [0.25, 0.3) is 0 Å². The van der Waals surface area contributed by atoms with Gasteiger partial charge in [0.1, 0.15) is 5.82 Å². The molecule has 3 nitrogen and oxygen atoms in total. The maximum atomic E-state index is 5.58. The second kappa shape index (κ2) is 3.81. The Kier molecular flexibility index (Phi) is 2.76. The zero-order valence-electron chi connectivity index (χ0n) is 7.91. The molecule has 0 atom stereocenters. The van der Waals surface area contributed by atoms with Crippen molar-refractivity contribution in [1.82, 2.24) is 4.98 Å². The summed E-state index contributed by atoms with van der Waals surface area (Å²) in [5, 5.41) is 0. The molecular formula is C10H13N3. The molecule has 68 valence electrons. The lowest BCUT2D eigenvalue weighted by Crippen LogP contribution is -2.19. The third-order valence-electron chi connectivity index (χ3n) is 1.76. The summed E-state index contributed by atoms with van der Waals surface area (Å²) in [5.41, 5.74) is 7.30. The molecule has 0 aliphatic heterocycles. The van der Waals surface area contributed by atoms with E-state index in [4.69, 9.17) is 12.2 Å². The van der Waals surface area contributed by atoms with Crippen LogP contribution in [0, 0.1) is 19.3 Å². The van der Waals surface area contributed by atoms with Gasteiger partial charge in [0.05, 0.1) is 18.4 Å². The topological polar surface area (TPSA) is 42.2 Å². The van der Waals surface area contributed by atoms with Gasteiger partial charge in [-0.15, -0.1) is 6.42 Å². The van der Waals surface area contributed by atoms with E-state index in [1.165, 1.54) is 0 Å². The van der Waals surface area contributed by atoms with Gasteiger partial charge in [-0.2, -0.15) is 0 Å². The van der Waals surface area contributed by atoms with Crippen molar-refractivity contribution < 1.29 is 0 Å². The fourth-order valence-electron chi connectivity index (χ4n) is 1.20. The number of nitrogen functional groups attached to an aromatic ring is 1. The van der Waals surface area contributed by atoms with E-state index >= 15 is 0 Å². The predicted molar refractivity (Wildman–Crippen MR) is 55.5 cm³/mol. The van der Waals surface area contributed by atoms with Crippen LogP contribution in [0.15, 0.2) is 12.3 Å². The highest BCUT2D eigenvalue weighted by Gasteiger charge is 2.04. The Hall–Kier alpha value is -1.69. The number of hydrogen-bond acceptors (Lipinski definition) is 3. The van der Waals surface area contributed by atoms with Gasteiger partial charge in [0.15, 0.2) is 0 Å². The molecule has 2 N–H and O–H groups in total. The first-order chi connectivity index (χ1) is 6.15. The summed E-state index contributed by atoms with van der Waals surface area (Å²) in [5.74, 6) is 3.44. The second-order valence-corrected chi connectivity index (χ2v) is 2.97. The Morgan fingerprint density at radius 1 is 1.69 bits per heavy atom. The number of pyridine rings is 1. The molecule has 0 amide bonds. The molecular weight excluding hydrogens is 162 g/mol. The van der Waals surface area contributed by atoms with Gasteiger partial charge in [-0.3, -0.25) is 0 Å². The largest absolute Gasteiger partial charge is 0.397 e. The maximum Gasteiger partial charge on any atom is 0.132 e. The first kappa shape index (κ1) is 9.40. The molecule has 0 aliphatic carbocycles. The molecule has 0 aromatic carbocycles. The van der Waals surface area contributed by atoms with Crippen molar-refractivity contribution >= 4 is 11.5 Å². The second-order valence-electron chi connectivity index (χ2n) is 2.97. The molecule has 0 bridgehead atoms. The molecule has 0 radical (unpaired) electrons. The molecule has 0 spiro atoms. The molecule has 3 heteroatoms. The average molecular weight is 175 g/mol. The molecule has 0 fully saturated rings. The summed E-state index contributed by atoms with van der Waals surface area (Å²) >= 11 is 0. The summed E-state index contributed by atoms with van der Waals surface area (Å²) in [6, 6.07) is 1.88. The van der Waals surface area contributed by atoms with Gasteiger partial charge in [0.2, 0.25) is 0 Å². The average Bonchev–Trinajstić information content (AvgIpc) is 2.04. The molecule has 0 unspecified atom stereocenters. The highest BCUT2D eigenvalue weighted by molar-refractivity contribution is 5.52. The van der Waals surface area contributed by atoms with Gasteiger partial charge in [0, 0.05) is 7.05 Å². The fraction of sp³-hybridized carbons (Fsp3) is 0.300. The van der Waals surface area contributed by atoms with Crippen LogP contribution < -0.4 is 10.6 Å². The number of hydrogen-bond donors (Lipinski definition) is 1. The number of terminal acetylenes is 1.